The molecule has 0 radical (unpaired) electrons. The zero-order valence-electron chi connectivity index (χ0n) is 8.40. The number of aromatic nitrogens is 1. The van der Waals surface area contributed by atoms with Crippen LogP contribution >= 0.6 is 11.3 Å². The van der Waals surface area contributed by atoms with Crippen molar-refractivity contribution in [3.05, 3.63) is 35.3 Å². The van der Waals surface area contributed by atoms with E-state index in [0.717, 1.165) is 22.8 Å². The van der Waals surface area contributed by atoms with Crippen LogP contribution in [0.15, 0.2) is 29.6 Å². The molecule has 0 spiro atoms. The van der Waals surface area contributed by atoms with Crippen LogP contribution in [0, 0.1) is 0 Å². The first-order valence-electron chi connectivity index (χ1n) is 4.68. The van der Waals surface area contributed by atoms with E-state index in [0.29, 0.717) is 0 Å². The topological polar surface area (TPSA) is 45.1 Å². The van der Waals surface area contributed by atoms with Crippen LogP contribution in [0.2, 0.25) is 0 Å². The number of phenols is 1. The van der Waals surface area contributed by atoms with Gasteiger partial charge in [0.2, 0.25) is 0 Å². The molecule has 1 aromatic heterocycles. The van der Waals surface area contributed by atoms with Gasteiger partial charge in [-0.3, -0.25) is 0 Å². The van der Waals surface area contributed by atoms with Crippen LogP contribution in [-0.2, 0) is 6.54 Å². The van der Waals surface area contributed by atoms with Gasteiger partial charge in [0.05, 0.1) is 5.69 Å². The first kappa shape index (κ1) is 10.1. The second-order valence-corrected chi connectivity index (χ2v) is 4.08. The van der Waals surface area contributed by atoms with E-state index in [1.54, 1.807) is 23.5 Å². The van der Waals surface area contributed by atoms with Gasteiger partial charge in [0.25, 0.3) is 0 Å². The molecule has 0 aliphatic rings. The third-order valence-electron chi connectivity index (χ3n) is 2.02. The Morgan fingerprint density at radius 1 is 1.33 bits per heavy atom. The van der Waals surface area contributed by atoms with Gasteiger partial charge in [-0.1, -0.05) is 0 Å². The smallest absolute Gasteiger partial charge is 0.123 e. The second kappa shape index (κ2) is 4.42. The molecule has 0 aliphatic carbocycles. The van der Waals surface area contributed by atoms with Gasteiger partial charge >= 0.3 is 0 Å². The van der Waals surface area contributed by atoms with Crippen molar-refractivity contribution in [2.24, 2.45) is 0 Å². The zero-order valence-corrected chi connectivity index (χ0v) is 9.21. The number of nitrogens with zero attached hydrogens (tertiary/aromatic N) is 1. The molecule has 4 heteroatoms. The average molecular weight is 220 g/mol. The molecule has 0 unspecified atom stereocenters. The Morgan fingerprint density at radius 2 is 2.07 bits per heavy atom. The summed E-state index contributed by atoms with van der Waals surface area (Å²) in [6.07, 6.45) is 0. The van der Waals surface area contributed by atoms with Gasteiger partial charge in [-0.25, -0.2) is 4.98 Å². The fourth-order valence-electron chi connectivity index (χ4n) is 1.31. The summed E-state index contributed by atoms with van der Waals surface area (Å²) in [6.45, 7) is 0.786. The first-order chi connectivity index (χ1) is 7.29. The molecule has 0 fully saturated rings. The normalized spacial score (nSPS) is 10.5. The summed E-state index contributed by atoms with van der Waals surface area (Å²) < 4.78 is 0. The van der Waals surface area contributed by atoms with Crippen molar-refractivity contribution in [1.29, 1.82) is 0 Å². The summed E-state index contributed by atoms with van der Waals surface area (Å²) in [7, 11) is 1.90. The monoisotopic (exact) mass is 220 g/mol. The van der Waals surface area contributed by atoms with Gasteiger partial charge in [-0.15, -0.1) is 11.3 Å². The van der Waals surface area contributed by atoms with E-state index < -0.39 is 0 Å². The van der Waals surface area contributed by atoms with Gasteiger partial charge < -0.3 is 10.4 Å². The maximum absolute atomic E-state index is 9.17. The first-order valence-corrected chi connectivity index (χ1v) is 5.56. The van der Waals surface area contributed by atoms with Gasteiger partial charge in [0.15, 0.2) is 0 Å². The predicted molar refractivity (Wildman–Crippen MR) is 62.0 cm³/mol. The highest BCUT2D eigenvalue weighted by Crippen LogP contribution is 2.25. The summed E-state index contributed by atoms with van der Waals surface area (Å²) in [5.74, 6) is 0.283. The second-order valence-electron chi connectivity index (χ2n) is 3.22. The van der Waals surface area contributed by atoms with Crippen molar-refractivity contribution in [3.63, 3.8) is 0 Å². The minimum absolute atomic E-state index is 0.283. The summed E-state index contributed by atoms with van der Waals surface area (Å²) >= 11 is 1.62. The Bertz CT molecular complexity index is 436. The average Bonchev–Trinajstić information content (AvgIpc) is 2.68. The summed E-state index contributed by atoms with van der Waals surface area (Å²) in [6, 6.07) is 7.09. The van der Waals surface area contributed by atoms with Gasteiger partial charge in [0, 0.05) is 17.5 Å². The molecule has 0 atom stereocenters. The predicted octanol–water partition coefficient (Wildman–Crippen LogP) is 2.24. The van der Waals surface area contributed by atoms with Crippen molar-refractivity contribution in [2.75, 3.05) is 7.05 Å². The highest BCUT2D eigenvalue weighted by molar-refractivity contribution is 7.13. The standard InChI is InChI=1S/C11H12N2OS/c1-12-6-9-7-15-11(13-9)8-2-4-10(14)5-3-8/h2-5,7,12,14H,6H2,1H3. The van der Waals surface area contributed by atoms with Crippen LogP contribution in [0.5, 0.6) is 5.75 Å². The van der Waals surface area contributed by atoms with Crippen molar-refractivity contribution in [1.82, 2.24) is 10.3 Å². The molecule has 0 amide bonds. The van der Waals surface area contributed by atoms with E-state index in [9.17, 15) is 0 Å². The van der Waals surface area contributed by atoms with E-state index in [-0.39, 0.29) is 5.75 Å². The fraction of sp³-hybridized carbons (Fsp3) is 0.182. The zero-order chi connectivity index (χ0) is 10.7. The lowest BCUT2D eigenvalue weighted by Crippen LogP contribution is -2.04. The largest absolute Gasteiger partial charge is 0.508 e. The van der Waals surface area contributed by atoms with Crippen molar-refractivity contribution < 1.29 is 5.11 Å². The van der Waals surface area contributed by atoms with Crippen molar-refractivity contribution in [3.8, 4) is 16.3 Å². The third-order valence-corrected chi connectivity index (χ3v) is 2.96. The quantitative estimate of drug-likeness (QED) is 0.833. The number of hydrogen-bond acceptors (Lipinski definition) is 4. The SMILES string of the molecule is CNCc1csc(-c2ccc(O)cc2)n1. The molecule has 3 nitrogen and oxygen atoms in total. The van der Waals surface area contributed by atoms with Crippen LogP contribution in [0.3, 0.4) is 0 Å². The Labute approximate surface area is 92.4 Å². The van der Waals surface area contributed by atoms with Gasteiger partial charge in [-0.2, -0.15) is 0 Å². The Hall–Kier alpha value is -1.39. The maximum Gasteiger partial charge on any atom is 0.123 e. The van der Waals surface area contributed by atoms with Crippen LogP contribution in [0.4, 0.5) is 0 Å². The van der Waals surface area contributed by atoms with E-state index in [4.69, 9.17) is 5.11 Å². The Morgan fingerprint density at radius 3 is 2.73 bits per heavy atom. The van der Waals surface area contributed by atoms with Crippen LogP contribution in [-0.4, -0.2) is 17.1 Å². The third kappa shape index (κ3) is 2.34. The summed E-state index contributed by atoms with van der Waals surface area (Å²) in [5.41, 5.74) is 2.09. The highest BCUT2D eigenvalue weighted by atomic mass is 32.1. The molecule has 0 bridgehead atoms. The van der Waals surface area contributed by atoms with Gasteiger partial charge in [0.1, 0.15) is 10.8 Å². The molecular weight excluding hydrogens is 208 g/mol. The molecule has 1 aromatic carbocycles. The Kier molecular flexibility index (Phi) is 2.99. The van der Waals surface area contributed by atoms with E-state index >= 15 is 0 Å². The summed E-state index contributed by atoms with van der Waals surface area (Å²) in [4.78, 5) is 4.47. The molecule has 15 heavy (non-hydrogen) atoms. The fourth-order valence-corrected chi connectivity index (χ4v) is 2.13. The molecule has 1 heterocycles. The number of hydrogen-bond donors (Lipinski definition) is 2. The van der Waals surface area contributed by atoms with Crippen molar-refractivity contribution >= 4 is 11.3 Å². The molecule has 2 aromatic rings. The number of phenolic OH excluding ortho intramolecular Hbond substituents is 1. The maximum atomic E-state index is 9.17. The minimum Gasteiger partial charge on any atom is -0.508 e. The molecule has 78 valence electrons. The highest BCUT2D eigenvalue weighted by Gasteiger charge is 2.03. The molecule has 0 aliphatic heterocycles. The van der Waals surface area contributed by atoms with Crippen molar-refractivity contribution in [2.45, 2.75) is 6.54 Å². The lowest BCUT2D eigenvalue weighted by molar-refractivity contribution is 0.475. The number of nitrogens with one attached hydrogen (secondary N) is 1. The molecule has 2 rings (SSSR count). The van der Waals surface area contributed by atoms with E-state index in [2.05, 4.69) is 10.3 Å². The molecule has 0 saturated heterocycles. The molecule has 0 saturated carbocycles. The molecule has 2 N–H and O–H groups in total. The molecular formula is C11H12N2OS. The number of benzene rings is 1. The van der Waals surface area contributed by atoms with Crippen LogP contribution < -0.4 is 5.32 Å². The van der Waals surface area contributed by atoms with Crippen LogP contribution in [0.1, 0.15) is 5.69 Å². The minimum atomic E-state index is 0.283. The number of rotatable bonds is 3. The lowest BCUT2D eigenvalue weighted by Gasteiger charge is -1.96. The van der Waals surface area contributed by atoms with Gasteiger partial charge in [-0.05, 0) is 31.3 Å². The summed E-state index contributed by atoms with van der Waals surface area (Å²) in [5, 5.41) is 15.3. The Balaban J connectivity index is 2.25. The van der Waals surface area contributed by atoms with Crippen LogP contribution in [0.25, 0.3) is 10.6 Å². The van der Waals surface area contributed by atoms with E-state index in [1.807, 2.05) is 24.6 Å². The lowest BCUT2D eigenvalue weighted by atomic mass is 10.2. The van der Waals surface area contributed by atoms with E-state index in [1.165, 1.54) is 0 Å². The number of thiazole rings is 1. The number of aromatic hydroxyl groups is 1.